The van der Waals surface area contributed by atoms with E-state index in [0.717, 1.165) is 24.0 Å². The first kappa shape index (κ1) is 17.5. The Kier molecular flexibility index (Phi) is 4.87. The Morgan fingerprint density at radius 3 is 1.89 bits per heavy atom. The molecule has 0 saturated heterocycles. The Morgan fingerprint density at radius 1 is 0.571 bits per heavy atom. The molecule has 4 rings (SSSR count). The number of hydrogen-bond acceptors (Lipinski definition) is 2. The second kappa shape index (κ2) is 7.78. The highest BCUT2D eigenvalue weighted by Crippen LogP contribution is 2.25. The van der Waals surface area contributed by atoms with Crippen molar-refractivity contribution in [1.29, 1.82) is 10.5 Å². The first-order valence-corrected chi connectivity index (χ1v) is 9.24. The molecule has 0 aromatic heterocycles. The van der Waals surface area contributed by atoms with Crippen molar-refractivity contribution in [2.45, 2.75) is 12.8 Å². The van der Waals surface area contributed by atoms with Crippen LogP contribution in [0.25, 0.3) is 10.8 Å². The molecule has 0 saturated carbocycles. The number of nitriles is 2. The van der Waals surface area contributed by atoms with Crippen molar-refractivity contribution >= 4 is 10.8 Å². The summed E-state index contributed by atoms with van der Waals surface area (Å²) >= 11 is 0. The highest BCUT2D eigenvalue weighted by Gasteiger charge is 2.07. The smallest absolute Gasteiger partial charge is 0.0991 e. The molecule has 0 fully saturated rings. The number of benzene rings is 4. The van der Waals surface area contributed by atoms with Gasteiger partial charge in [0.05, 0.1) is 23.3 Å². The summed E-state index contributed by atoms with van der Waals surface area (Å²) in [5, 5.41) is 20.8. The van der Waals surface area contributed by atoms with Gasteiger partial charge in [0.15, 0.2) is 0 Å². The summed E-state index contributed by atoms with van der Waals surface area (Å²) in [6.07, 6.45) is 1.56. The quantitative estimate of drug-likeness (QED) is 0.465. The summed E-state index contributed by atoms with van der Waals surface area (Å²) in [6, 6.07) is 32.9. The van der Waals surface area contributed by atoms with Crippen LogP contribution in [-0.4, -0.2) is 0 Å². The molecule has 132 valence electrons. The van der Waals surface area contributed by atoms with E-state index in [1.165, 1.54) is 21.9 Å². The summed E-state index contributed by atoms with van der Waals surface area (Å²) < 4.78 is 0. The van der Waals surface area contributed by atoms with Crippen LogP contribution in [0, 0.1) is 22.7 Å². The van der Waals surface area contributed by atoms with Gasteiger partial charge >= 0.3 is 0 Å². The largest absolute Gasteiger partial charge is 0.192 e. The topological polar surface area (TPSA) is 47.6 Å². The lowest BCUT2D eigenvalue weighted by molar-refractivity contribution is 1.15. The molecule has 0 aliphatic heterocycles. The first-order valence-electron chi connectivity index (χ1n) is 9.24. The van der Waals surface area contributed by atoms with Crippen LogP contribution >= 0.6 is 0 Å². The third-order valence-corrected chi connectivity index (χ3v) is 4.92. The molecule has 0 spiro atoms. The van der Waals surface area contributed by atoms with Crippen LogP contribution in [0.5, 0.6) is 0 Å². The third-order valence-electron chi connectivity index (χ3n) is 4.92. The lowest BCUT2D eigenvalue weighted by atomic mass is 9.93. The standard InChI is InChI=1S/C26H18N2/c27-17-21-7-3-5-19(11-21)13-23-15-24-9-1-2-10-26(24)25(16-23)14-20-6-4-8-22(12-20)18-28/h1-12,15-16H,13-14H2. The van der Waals surface area contributed by atoms with E-state index in [4.69, 9.17) is 5.26 Å². The Balaban J connectivity index is 1.74. The summed E-state index contributed by atoms with van der Waals surface area (Å²) in [5.74, 6) is 0. The van der Waals surface area contributed by atoms with Gasteiger partial charge in [0.25, 0.3) is 0 Å². The summed E-state index contributed by atoms with van der Waals surface area (Å²) in [4.78, 5) is 0. The van der Waals surface area contributed by atoms with Gasteiger partial charge in [0.2, 0.25) is 0 Å². The lowest BCUT2D eigenvalue weighted by Gasteiger charge is -2.11. The highest BCUT2D eigenvalue weighted by atomic mass is 14.2. The number of fused-ring (bicyclic) bond motifs is 1. The molecule has 2 heteroatoms. The molecule has 0 heterocycles. The molecule has 0 amide bonds. The van der Waals surface area contributed by atoms with Crippen molar-refractivity contribution < 1.29 is 0 Å². The zero-order valence-electron chi connectivity index (χ0n) is 15.4. The van der Waals surface area contributed by atoms with Gasteiger partial charge in [-0.15, -0.1) is 0 Å². The zero-order chi connectivity index (χ0) is 19.3. The van der Waals surface area contributed by atoms with E-state index in [-0.39, 0.29) is 0 Å². The maximum absolute atomic E-state index is 9.18. The van der Waals surface area contributed by atoms with E-state index in [1.54, 1.807) is 0 Å². The summed E-state index contributed by atoms with van der Waals surface area (Å²) in [6.45, 7) is 0. The number of hydrogen-bond donors (Lipinski definition) is 0. The normalized spacial score (nSPS) is 10.4. The van der Waals surface area contributed by atoms with E-state index < -0.39 is 0 Å². The zero-order valence-corrected chi connectivity index (χ0v) is 15.4. The lowest BCUT2D eigenvalue weighted by Crippen LogP contribution is -1.95. The molecule has 0 radical (unpaired) electrons. The molecule has 2 nitrogen and oxygen atoms in total. The predicted octanol–water partition coefficient (Wildman–Crippen LogP) is 5.76. The van der Waals surface area contributed by atoms with Gasteiger partial charge < -0.3 is 0 Å². The second-order valence-corrected chi connectivity index (χ2v) is 6.95. The fraction of sp³-hybridized carbons (Fsp3) is 0.0769. The number of nitrogens with zero attached hydrogens (tertiary/aromatic N) is 2. The average molecular weight is 358 g/mol. The Bertz CT molecular complexity index is 1240. The minimum absolute atomic E-state index is 0.686. The van der Waals surface area contributed by atoms with Crippen LogP contribution in [0.2, 0.25) is 0 Å². The van der Waals surface area contributed by atoms with Crippen molar-refractivity contribution in [3.8, 4) is 12.1 Å². The van der Waals surface area contributed by atoms with Crippen molar-refractivity contribution in [3.63, 3.8) is 0 Å². The minimum atomic E-state index is 0.686. The maximum atomic E-state index is 9.18. The van der Waals surface area contributed by atoms with Crippen molar-refractivity contribution in [2.75, 3.05) is 0 Å². The van der Waals surface area contributed by atoms with Crippen LogP contribution in [0.4, 0.5) is 0 Å². The van der Waals surface area contributed by atoms with Crippen LogP contribution < -0.4 is 0 Å². The molecular formula is C26H18N2. The highest BCUT2D eigenvalue weighted by molar-refractivity contribution is 5.87. The Labute approximate surface area is 164 Å². The molecular weight excluding hydrogens is 340 g/mol. The van der Waals surface area contributed by atoms with E-state index >= 15 is 0 Å². The fourth-order valence-electron chi connectivity index (χ4n) is 3.66. The number of rotatable bonds is 4. The van der Waals surface area contributed by atoms with Crippen LogP contribution in [0.3, 0.4) is 0 Å². The Morgan fingerprint density at radius 2 is 1.21 bits per heavy atom. The van der Waals surface area contributed by atoms with E-state index in [0.29, 0.717) is 11.1 Å². The molecule has 0 bridgehead atoms. The van der Waals surface area contributed by atoms with Crippen LogP contribution in [-0.2, 0) is 12.8 Å². The van der Waals surface area contributed by atoms with E-state index in [2.05, 4.69) is 60.7 Å². The monoisotopic (exact) mass is 358 g/mol. The third kappa shape index (κ3) is 3.78. The summed E-state index contributed by atoms with van der Waals surface area (Å²) in [7, 11) is 0. The molecule has 0 aliphatic carbocycles. The molecule has 4 aromatic carbocycles. The van der Waals surface area contributed by atoms with Crippen molar-refractivity contribution in [2.24, 2.45) is 0 Å². The summed E-state index contributed by atoms with van der Waals surface area (Å²) in [5.41, 5.74) is 6.11. The maximum Gasteiger partial charge on any atom is 0.0991 e. The SMILES string of the molecule is N#Cc1cccc(Cc2cc(Cc3cccc(C#N)c3)c3ccccc3c2)c1. The van der Waals surface area contributed by atoms with Crippen LogP contribution in [0.1, 0.15) is 33.4 Å². The molecule has 28 heavy (non-hydrogen) atoms. The molecule has 4 aromatic rings. The second-order valence-electron chi connectivity index (χ2n) is 6.95. The van der Waals surface area contributed by atoms with Gasteiger partial charge in [-0.2, -0.15) is 10.5 Å². The minimum Gasteiger partial charge on any atom is -0.192 e. The molecule has 0 aliphatic rings. The van der Waals surface area contributed by atoms with Crippen LogP contribution in [0.15, 0.2) is 84.9 Å². The fourth-order valence-corrected chi connectivity index (χ4v) is 3.66. The first-order chi connectivity index (χ1) is 13.7. The predicted molar refractivity (Wildman–Crippen MR) is 112 cm³/mol. The molecule has 0 N–H and O–H groups in total. The van der Waals surface area contributed by atoms with Gasteiger partial charge in [0.1, 0.15) is 0 Å². The molecule has 0 unspecified atom stereocenters. The van der Waals surface area contributed by atoms with Gasteiger partial charge in [0, 0.05) is 0 Å². The van der Waals surface area contributed by atoms with Gasteiger partial charge in [-0.1, -0.05) is 60.7 Å². The van der Waals surface area contributed by atoms with E-state index in [9.17, 15) is 5.26 Å². The van der Waals surface area contributed by atoms with Gasteiger partial charge in [-0.25, -0.2) is 0 Å². The van der Waals surface area contributed by atoms with Gasteiger partial charge in [-0.05, 0) is 70.1 Å². The van der Waals surface area contributed by atoms with Crippen molar-refractivity contribution in [3.05, 3.63) is 118 Å². The Hall–Kier alpha value is -3.88. The van der Waals surface area contributed by atoms with Crippen molar-refractivity contribution in [1.82, 2.24) is 0 Å². The average Bonchev–Trinajstić information content (AvgIpc) is 2.74. The van der Waals surface area contributed by atoms with E-state index in [1.807, 2.05) is 36.4 Å². The molecule has 0 atom stereocenters. The van der Waals surface area contributed by atoms with Gasteiger partial charge in [-0.3, -0.25) is 0 Å².